The number of benzene rings is 2. The van der Waals surface area contributed by atoms with Gasteiger partial charge < -0.3 is 9.64 Å². The molecule has 3 aromatic rings. The third kappa shape index (κ3) is 3.19. The van der Waals surface area contributed by atoms with Gasteiger partial charge in [0, 0.05) is 28.5 Å². The Hall–Kier alpha value is -2.40. The highest BCUT2D eigenvalue weighted by Gasteiger charge is 2.22. The smallest absolute Gasteiger partial charge is 0.254 e. The number of carbonyl (C=O) groups excluding carboxylic acids is 1. The molecule has 0 aliphatic carbocycles. The first-order chi connectivity index (χ1) is 12.7. The molecule has 5 heteroatoms. The van der Waals surface area contributed by atoms with Gasteiger partial charge in [-0.05, 0) is 49.2 Å². The van der Waals surface area contributed by atoms with Crippen molar-refractivity contribution >= 4 is 32.7 Å². The Bertz CT molecular complexity index is 981. The van der Waals surface area contributed by atoms with Crippen molar-refractivity contribution in [3.05, 3.63) is 58.6 Å². The number of rotatable bonds is 3. The van der Waals surface area contributed by atoms with E-state index in [1.165, 1.54) is 0 Å². The molecule has 1 amide bonds. The number of fused-ring (bicyclic) bond motifs is 1. The maximum atomic E-state index is 13.1. The Kier molecular flexibility index (Phi) is 4.64. The van der Waals surface area contributed by atoms with Crippen LogP contribution in [0.1, 0.15) is 23.2 Å². The number of nitrogens with zero attached hydrogens (tertiary/aromatic N) is 2. The molecule has 2 aromatic carbocycles. The molecule has 4 nitrogen and oxygen atoms in total. The monoisotopic (exact) mass is 410 g/mol. The molecule has 0 atom stereocenters. The molecule has 26 heavy (non-hydrogen) atoms. The predicted octanol–water partition coefficient (Wildman–Crippen LogP) is 4.91. The zero-order valence-electron chi connectivity index (χ0n) is 14.5. The molecule has 0 spiro atoms. The molecule has 1 aromatic heterocycles. The van der Waals surface area contributed by atoms with Crippen LogP contribution in [0.2, 0.25) is 0 Å². The average Bonchev–Trinajstić information content (AvgIpc) is 3.21. The topological polar surface area (TPSA) is 42.4 Å². The van der Waals surface area contributed by atoms with Crippen LogP contribution in [0.25, 0.3) is 22.2 Å². The van der Waals surface area contributed by atoms with E-state index in [4.69, 9.17) is 9.72 Å². The zero-order valence-corrected chi connectivity index (χ0v) is 16.1. The summed E-state index contributed by atoms with van der Waals surface area (Å²) in [5, 5.41) is 0.878. The normalized spacial score (nSPS) is 14.0. The van der Waals surface area contributed by atoms with Crippen molar-refractivity contribution in [1.29, 1.82) is 0 Å². The van der Waals surface area contributed by atoms with Gasteiger partial charge in [0.25, 0.3) is 5.91 Å². The Balaban J connectivity index is 1.89. The lowest BCUT2D eigenvalue weighted by molar-refractivity contribution is 0.0794. The van der Waals surface area contributed by atoms with Crippen molar-refractivity contribution in [2.24, 2.45) is 0 Å². The van der Waals surface area contributed by atoms with E-state index in [9.17, 15) is 4.79 Å². The maximum absolute atomic E-state index is 13.1. The predicted molar refractivity (Wildman–Crippen MR) is 107 cm³/mol. The third-order valence-corrected chi connectivity index (χ3v) is 5.25. The second kappa shape index (κ2) is 7.08. The minimum Gasteiger partial charge on any atom is -0.497 e. The van der Waals surface area contributed by atoms with Crippen LogP contribution < -0.4 is 4.74 Å². The number of hydrogen-bond donors (Lipinski definition) is 0. The van der Waals surface area contributed by atoms with Crippen LogP contribution in [-0.4, -0.2) is 36.0 Å². The molecule has 0 N–H and O–H groups in total. The zero-order chi connectivity index (χ0) is 18.1. The maximum Gasteiger partial charge on any atom is 0.254 e. The van der Waals surface area contributed by atoms with Crippen molar-refractivity contribution in [2.45, 2.75) is 12.8 Å². The fourth-order valence-corrected chi connectivity index (χ4v) is 3.76. The Morgan fingerprint density at radius 2 is 1.92 bits per heavy atom. The summed E-state index contributed by atoms with van der Waals surface area (Å²) in [6.45, 7) is 1.65. The summed E-state index contributed by atoms with van der Waals surface area (Å²) in [5.41, 5.74) is 3.23. The molecule has 2 heterocycles. The average molecular weight is 411 g/mol. The van der Waals surface area contributed by atoms with Gasteiger partial charge in [0.15, 0.2) is 0 Å². The fraction of sp³-hybridized carbons (Fsp3) is 0.238. The molecule has 132 valence electrons. The number of methoxy groups -OCH3 is 1. The second-order valence-electron chi connectivity index (χ2n) is 6.45. The van der Waals surface area contributed by atoms with Crippen LogP contribution in [0, 0.1) is 0 Å². The van der Waals surface area contributed by atoms with E-state index >= 15 is 0 Å². The van der Waals surface area contributed by atoms with E-state index < -0.39 is 0 Å². The third-order valence-electron chi connectivity index (χ3n) is 4.76. The van der Waals surface area contributed by atoms with Crippen molar-refractivity contribution in [3.8, 4) is 17.0 Å². The lowest BCUT2D eigenvalue weighted by Crippen LogP contribution is -2.27. The van der Waals surface area contributed by atoms with Crippen LogP contribution >= 0.6 is 15.9 Å². The van der Waals surface area contributed by atoms with Gasteiger partial charge in [-0.15, -0.1) is 0 Å². The van der Waals surface area contributed by atoms with Crippen LogP contribution in [0.3, 0.4) is 0 Å². The number of carbonyl (C=O) groups is 1. The van der Waals surface area contributed by atoms with Crippen molar-refractivity contribution in [2.75, 3.05) is 20.2 Å². The van der Waals surface area contributed by atoms with Gasteiger partial charge in [-0.2, -0.15) is 0 Å². The van der Waals surface area contributed by atoms with E-state index in [1.807, 2.05) is 53.4 Å². The van der Waals surface area contributed by atoms with Crippen molar-refractivity contribution in [1.82, 2.24) is 9.88 Å². The van der Waals surface area contributed by atoms with E-state index in [0.717, 1.165) is 58.3 Å². The van der Waals surface area contributed by atoms with E-state index in [1.54, 1.807) is 7.11 Å². The van der Waals surface area contributed by atoms with Crippen LogP contribution in [0.4, 0.5) is 0 Å². The van der Waals surface area contributed by atoms with E-state index in [0.29, 0.717) is 5.56 Å². The molecule has 0 unspecified atom stereocenters. The minimum absolute atomic E-state index is 0.0807. The highest BCUT2D eigenvalue weighted by atomic mass is 79.9. The van der Waals surface area contributed by atoms with Gasteiger partial charge in [-0.1, -0.05) is 28.1 Å². The number of hydrogen-bond acceptors (Lipinski definition) is 3. The Morgan fingerprint density at radius 3 is 2.69 bits per heavy atom. The molecular weight excluding hydrogens is 392 g/mol. The molecule has 1 fully saturated rings. The molecule has 1 aliphatic rings. The number of halogens is 1. The standard InChI is InChI=1S/C21H19BrN2O2/c1-26-16-6-4-5-14(11-16)20-13-18(21(25)24-9-2-3-10-24)17-12-15(22)7-8-19(17)23-20/h4-8,11-13H,2-3,9-10H2,1H3. The highest BCUT2D eigenvalue weighted by molar-refractivity contribution is 9.10. The first kappa shape index (κ1) is 17.0. The molecule has 1 saturated heterocycles. The number of aromatic nitrogens is 1. The Labute approximate surface area is 160 Å². The lowest BCUT2D eigenvalue weighted by Gasteiger charge is -2.17. The molecule has 0 bridgehead atoms. The number of pyridine rings is 1. The number of ether oxygens (including phenoxy) is 1. The summed E-state index contributed by atoms with van der Waals surface area (Å²) in [6.07, 6.45) is 2.14. The first-order valence-corrected chi connectivity index (χ1v) is 9.49. The summed E-state index contributed by atoms with van der Waals surface area (Å²) in [6, 6.07) is 15.5. The summed E-state index contributed by atoms with van der Waals surface area (Å²) in [7, 11) is 1.65. The molecular formula is C21H19BrN2O2. The summed E-state index contributed by atoms with van der Waals surface area (Å²) in [5.74, 6) is 0.852. The molecule has 0 saturated carbocycles. The van der Waals surface area contributed by atoms with Gasteiger partial charge in [-0.3, -0.25) is 4.79 Å². The first-order valence-electron chi connectivity index (χ1n) is 8.70. The van der Waals surface area contributed by atoms with Gasteiger partial charge in [0.1, 0.15) is 5.75 Å². The minimum atomic E-state index is 0.0807. The fourth-order valence-electron chi connectivity index (χ4n) is 3.40. The molecule has 0 radical (unpaired) electrons. The Morgan fingerprint density at radius 1 is 1.12 bits per heavy atom. The van der Waals surface area contributed by atoms with Crippen LogP contribution in [-0.2, 0) is 0 Å². The van der Waals surface area contributed by atoms with Gasteiger partial charge in [0.2, 0.25) is 0 Å². The quantitative estimate of drug-likeness (QED) is 0.615. The highest BCUT2D eigenvalue weighted by Crippen LogP contribution is 2.30. The second-order valence-corrected chi connectivity index (χ2v) is 7.36. The largest absolute Gasteiger partial charge is 0.497 e. The number of likely N-dealkylation sites (tertiary alicyclic amines) is 1. The van der Waals surface area contributed by atoms with Gasteiger partial charge >= 0.3 is 0 Å². The summed E-state index contributed by atoms with van der Waals surface area (Å²) in [4.78, 5) is 19.9. The van der Waals surface area contributed by atoms with Crippen LogP contribution in [0.5, 0.6) is 5.75 Å². The van der Waals surface area contributed by atoms with E-state index in [-0.39, 0.29) is 5.91 Å². The van der Waals surface area contributed by atoms with Crippen molar-refractivity contribution < 1.29 is 9.53 Å². The van der Waals surface area contributed by atoms with Crippen LogP contribution in [0.15, 0.2) is 53.0 Å². The van der Waals surface area contributed by atoms with Crippen molar-refractivity contribution in [3.63, 3.8) is 0 Å². The summed E-state index contributed by atoms with van der Waals surface area (Å²) >= 11 is 3.51. The van der Waals surface area contributed by atoms with Gasteiger partial charge in [-0.25, -0.2) is 4.98 Å². The summed E-state index contributed by atoms with van der Waals surface area (Å²) < 4.78 is 6.27. The SMILES string of the molecule is COc1cccc(-c2cc(C(=O)N3CCCC3)c3cc(Br)ccc3n2)c1. The van der Waals surface area contributed by atoms with E-state index in [2.05, 4.69) is 15.9 Å². The molecule has 4 rings (SSSR count). The lowest BCUT2D eigenvalue weighted by atomic mass is 10.0. The number of amides is 1. The van der Waals surface area contributed by atoms with Gasteiger partial charge in [0.05, 0.1) is 23.9 Å². The molecule has 1 aliphatic heterocycles.